The van der Waals surface area contributed by atoms with Gasteiger partial charge in [0.25, 0.3) is 0 Å². The van der Waals surface area contributed by atoms with Crippen LogP contribution in [0.4, 0.5) is 4.79 Å². The molecule has 3 amide bonds. The standard InChI is InChI=1S/C20H35N3O4/c1-19(2,3)10-7-16(24)21-13-15-8-11-23(12-9-15)17(25)14-22-18(26)27-20(4,5)6/h7,10,15H,8-9,11-14H2,1-6H3,(H,21,24)(H,22,26)/b10-7+. The van der Waals surface area contributed by atoms with Gasteiger partial charge in [-0.1, -0.05) is 26.8 Å². The van der Waals surface area contributed by atoms with Gasteiger partial charge in [0.05, 0.1) is 0 Å². The topological polar surface area (TPSA) is 87.7 Å². The Bertz CT molecular complexity index is 551. The molecule has 1 aliphatic rings. The van der Waals surface area contributed by atoms with Gasteiger partial charge in [0.15, 0.2) is 0 Å². The molecule has 0 aromatic rings. The highest BCUT2D eigenvalue weighted by Crippen LogP contribution is 2.17. The molecule has 1 fully saturated rings. The normalized spacial score (nSPS) is 16.3. The zero-order valence-electron chi connectivity index (χ0n) is 17.6. The lowest BCUT2D eigenvalue weighted by Gasteiger charge is -2.32. The number of alkyl carbamates (subject to hydrolysis) is 1. The minimum absolute atomic E-state index is 0.0175. The minimum atomic E-state index is -0.586. The Morgan fingerprint density at radius 3 is 2.15 bits per heavy atom. The first kappa shape index (κ1) is 23.0. The molecular formula is C20H35N3O4. The van der Waals surface area contributed by atoms with E-state index in [9.17, 15) is 14.4 Å². The lowest BCUT2D eigenvalue weighted by Crippen LogP contribution is -2.46. The summed E-state index contributed by atoms with van der Waals surface area (Å²) >= 11 is 0. The summed E-state index contributed by atoms with van der Waals surface area (Å²) in [4.78, 5) is 37.4. The lowest BCUT2D eigenvalue weighted by atomic mass is 9.96. The first-order valence-corrected chi connectivity index (χ1v) is 9.57. The summed E-state index contributed by atoms with van der Waals surface area (Å²) in [5.41, 5.74) is -0.603. The molecule has 0 aromatic heterocycles. The molecule has 0 spiro atoms. The molecule has 0 saturated carbocycles. The number of likely N-dealkylation sites (tertiary alicyclic amines) is 1. The van der Waals surface area contributed by atoms with Crippen molar-refractivity contribution in [3.05, 3.63) is 12.2 Å². The summed E-state index contributed by atoms with van der Waals surface area (Å²) in [6, 6.07) is 0. The maximum Gasteiger partial charge on any atom is 0.408 e. The molecule has 0 radical (unpaired) electrons. The van der Waals surface area contributed by atoms with Crippen molar-refractivity contribution in [3.8, 4) is 0 Å². The molecule has 154 valence electrons. The van der Waals surface area contributed by atoms with Crippen molar-refractivity contribution in [1.82, 2.24) is 15.5 Å². The number of hydrogen-bond acceptors (Lipinski definition) is 4. The van der Waals surface area contributed by atoms with Gasteiger partial charge in [-0.2, -0.15) is 0 Å². The van der Waals surface area contributed by atoms with Gasteiger partial charge in [0.2, 0.25) is 11.8 Å². The van der Waals surface area contributed by atoms with E-state index in [-0.39, 0.29) is 23.8 Å². The van der Waals surface area contributed by atoms with Crippen LogP contribution in [0.25, 0.3) is 0 Å². The number of nitrogens with zero attached hydrogens (tertiary/aromatic N) is 1. The van der Waals surface area contributed by atoms with Crippen LogP contribution in [0.1, 0.15) is 54.4 Å². The fourth-order valence-electron chi connectivity index (χ4n) is 2.59. The molecule has 27 heavy (non-hydrogen) atoms. The lowest BCUT2D eigenvalue weighted by molar-refractivity contribution is -0.131. The first-order chi connectivity index (χ1) is 12.4. The highest BCUT2D eigenvalue weighted by atomic mass is 16.6. The monoisotopic (exact) mass is 381 g/mol. The third kappa shape index (κ3) is 10.6. The van der Waals surface area contributed by atoms with Crippen molar-refractivity contribution in [2.45, 2.75) is 60.0 Å². The molecule has 0 unspecified atom stereocenters. The van der Waals surface area contributed by atoms with Crippen molar-refractivity contribution in [1.29, 1.82) is 0 Å². The zero-order valence-corrected chi connectivity index (χ0v) is 17.6. The predicted molar refractivity (Wildman–Crippen MR) is 105 cm³/mol. The fourth-order valence-corrected chi connectivity index (χ4v) is 2.59. The van der Waals surface area contributed by atoms with Crippen LogP contribution < -0.4 is 10.6 Å². The van der Waals surface area contributed by atoms with E-state index in [1.165, 1.54) is 0 Å². The Morgan fingerprint density at radius 2 is 1.63 bits per heavy atom. The van der Waals surface area contributed by atoms with E-state index in [1.54, 1.807) is 31.7 Å². The van der Waals surface area contributed by atoms with Crippen LogP contribution in [-0.2, 0) is 14.3 Å². The smallest absolute Gasteiger partial charge is 0.408 e. The van der Waals surface area contributed by atoms with E-state index >= 15 is 0 Å². The molecule has 1 saturated heterocycles. The van der Waals surface area contributed by atoms with Gasteiger partial charge in [-0.15, -0.1) is 0 Å². The number of rotatable bonds is 5. The van der Waals surface area contributed by atoms with E-state index in [0.29, 0.717) is 25.6 Å². The van der Waals surface area contributed by atoms with Crippen LogP contribution in [0.2, 0.25) is 0 Å². The van der Waals surface area contributed by atoms with Gasteiger partial charge in [0, 0.05) is 19.6 Å². The van der Waals surface area contributed by atoms with Crippen LogP contribution >= 0.6 is 0 Å². The average Bonchev–Trinajstić information content (AvgIpc) is 2.54. The van der Waals surface area contributed by atoms with E-state index in [0.717, 1.165) is 12.8 Å². The van der Waals surface area contributed by atoms with Gasteiger partial charge in [-0.3, -0.25) is 9.59 Å². The summed E-state index contributed by atoms with van der Waals surface area (Å²) in [5.74, 6) is 0.168. The molecule has 7 heteroatoms. The van der Waals surface area contributed by atoms with Crippen LogP contribution in [0, 0.1) is 11.3 Å². The third-order valence-electron chi connectivity index (χ3n) is 4.05. The average molecular weight is 382 g/mol. The second kappa shape index (κ2) is 9.76. The van der Waals surface area contributed by atoms with E-state index in [2.05, 4.69) is 10.6 Å². The van der Waals surface area contributed by atoms with Crippen LogP contribution in [-0.4, -0.2) is 54.6 Å². The van der Waals surface area contributed by atoms with E-state index in [4.69, 9.17) is 4.74 Å². The number of allylic oxidation sites excluding steroid dienone is 1. The molecular weight excluding hydrogens is 346 g/mol. The Balaban J connectivity index is 2.27. The number of piperidine rings is 1. The van der Waals surface area contributed by atoms with Crippen molar-refractivity contribution in [3.63, 3.8) is 0 Å². The molecule has 2 N–H and O–H groups in total. The summed E-state index contributed by atoms with van der Waals surface area (Å²) in [6.45, 7) is 13.3. The van der Waals surface area contributed by atoms with E-state index in [1.807, 2.05) is 26.8 Å². The maximum atomic E-state index is 12.2. The Labute approximate surface area is 162 Å². The molecule has 7 nitrogen and oxygen atoms in total. The molecule has 0 aromatic carbocycles. The Hall–Kier alpha value is -2.05. The van der Waals surface area contributed by atoms with Gasteiger partial charge >= 0.3 is 6.09 Å². The molecule has 0 atom stereocenters. The summed E-state index contributed by atoms with van der Waals surface area (Å²) < 4.78 is 5.12. The number of carbonyl (C=O) groups excluding carboxylic acids is 3. The van der Waals surface area contributed by atoms with Crippen molar-refractivity contribution in [2.24, 2.45) is 11.3 Å². The summed E-state index contributed by atoms with van der Waals surface area (Å²) in [6.07, 6.45) is 4.56. The first-order valence-electron chi connectivity index (χ1n) is 9.57. The van der Waals surface area contributed by atoms with Crippen LogP contribution in [0.15, 0.2) is 12.2 Å². The van der Waals surface area contributed by atoms with Gasteiger partial charge < -0.3 is 20.3 Å². The molecule has 0 aliphatic carbocycles. The zero-order chi connectivity index (χ0) is 20.7. The van der Waals surface area contributed by atoms with Gasteiger partial charge in [0.1, 0.15) is 12.1 Å². The highest BCUT2D eigenvalue weighted by molar-refractivity contribution is 5.87. The van der Waals surface area contributed by atoms with Crippen LogP contribution in [0.5, 0.6) is 0 Å². The molecule has 0 bridgehead atoms. The minimum Gasteiger partial charge on any atom is -0.444 e. The second-order valence-electron chi connectivity index (χ2n) is 9.12. The quantitative estimate of drug-likeness (QED) is 0.716. The second-order valence-corrected chi connectivity index (χ2v) is 9.12. The summed E-state index contributed by atoms with van der Waals surface area (Å²) in [7, 11) is 0. The largest absolute Gasteiger partial charge is 0.444 e. The highest BCUT2D eigenvalue weighted by Gasteiger charge is 2.24. The fraction of sp³-hybridized carbons (Fsp3) is 0.750. The molecule has 1 heterocycles. The van der Waals surface area contributed by atoms with Crippen molar-refractivity contribution >= 4 is 17.9 Å². The number of hydrogen-bond donors (Lipinski definition) is 2. The number of nitrogens with one attached hydrogen (secondary N) is 2. The number of amides is 3. The van der Waals surface area contributed by atoms with E-state index < -0.39 is 11.7 Å². The predicted octanol–water partition coefficient (Wildman–Crippen LogP) is 2.47. The van der Waals surface area contributed by atoms with Crippen LogP contribution in [0.3, 0.4) is 0 Å². The van der Waals surface area contributed by atoms with Gasteiger partial charge in [-0.25, -0.2) is 4.79 Å². The van der Waals surface area contributed by atoms with Crippen molar-refractivity contribution in [2.75, 3.05) is 26.2 Å². The Kier molecular flexibility index (Phi) is 8.31. The Morgan fingerprint density at radius 1 is 1.04 bits per heavy atom. The molecule has 1 aliphatic heterocycles. The number of ether oxygens (including phenoxy) is 1. The number of carbonyl (C=O) groups is 3. The summed E-state index contributed by atoms with van der Waals surface area (Å²) in [5, 5.41) is 5.42. The SMILES string of the molecule is CC(C)(C)/C=C/C(=O)NCC1CCN(C(=O)CNC(=O)OC(C)(C)C)CC1. The molecule has 1 rings (SSSR count). The third-order valence-corrected chi connectivity index (χ3v) is 4.05. The van der Waals surface area contributed by atoms with Gasteiger partial charge in [-0.05, 0) is 51.0 Å². The van der Waals surface area contributed by atoms with Crippen molar-refractivity contribution < 1.29 is 19.1 Å². The maximum absolute atomic E-state index is 12.2.